The van der Waals surface area contributed by atoms with E-state index in [1.807, 2.05) is 0 Å². The molecule has 0 atom stereocenters. The predicted molar refractivity (Wildman–Crippen MR) is 67.3 cm³/mol. The Labute approximate surface area is 103 Å². The molecule has 2 N–H and O–H groups in total. The van der Waals surface area contributed by atoms with Gasteiger partial charge < -0.3 is 9.73 Å². The van der Waals surface area contributed by atoms with E-state index in [0.717, 1.165) is 12.8 Å². The van der Waals surface area contributed by atoms with Gasteiger partial charge in [-0.05, 0) is 12.8 Å². The highest BCUT2D eigenvalue weighted by Gasteiger charge is 2.16. The summed E-state index contributed by atoms with van der Waals surface area (Å²) in [6, 6.07) is 3.17. The topological polar surface area (TPSA) is 58.0 Å². The van der Waals surface area contributed by atoms with Gasteiger partial charge in [0.15, 0.2) is 5.58 Å². The van der Waals surface area contributed by atoms with Crippen molar-refractivity contribution in [3.63, 3.8) is 0 Å². The van der Waals surface area contributed by atoms with Crippen molar-refractivity contribution in [2.75, 3.05) is 5.32 Å². The van der Waals surface area contributed by atoms with Gasteiger partial charge in [0.1, 0.15) is 5.82 Å². The van der Waals surface area contributed by atoms with Crippen molar-refractivity contribution in [3.8, 4) is 0 Å². The molecule has 96 valence electrons. The number of rotatable bonds is 2. The summed E-state index contributed by atoms with van der Waals surface area (Å²) >= 11 is 0. The van der Waals surface area contributed by atoms with E-state index in [1.165, 1.54) is 25.3 Å². The minimum absolute atomic E-state index is 0.316. The first-order valence-electron chi connectivity index (χ1n) is 6.31. The number of H-pyrrole nitrogens is 1. The summed E-state index contributed by atoms with van der Waals surface area (Å²) in [6.07, 6.45) is 5.75. The van der Waals surface area contributed by atoms with E-state index in [9.17, 15) is 9.18 Å². The van der Waals surface area contributed by atoms with Gasteiger partial charge in [0.25, 0.3) is 0 Å². The number of oxazole rings is 1. The molecule has 1 fully saturated rings. The summed E-state index contributed by atoms with van der Waals surface area (Å²) in [5.74, 6) is -0.913. The van der Waals surface area contributed by atoms with Crippen LogP contribution in [0.2, 0.25) is 0 Å². The van der Waals surface area contributed by atoms with Gasteiger partial charge in [-0.25, -0.2) is 9.18 Å². The zero-order chi connectivity index (χ0) is 12.5. The first-order chi connectivity index (χ1) is 8.72. The van der Waals surface area contributed by atoms with Crippen molar-refractivity contribution >= 4 is 16.8 Å². The lowest BCUT2D eigenvalue weighted by Gasteiger charge is -2.23. The summed E-state index contributed by atoms with van der Waals surface area (Å²) in [5, 5.41) is 3.20. The van der Waals surface area contributed by atoms with Crippen LogP contribution in [0.25, 0.3) is 11.1 Å². The molecule has 0 bridgehead atoms. The quantitative estimate of drug-likeness (QED) is 0.861. The van der Waals surface area contributed by atoms with Crippen LogP contribution in [0.5, 0.6) is 0 Å². The van der Waals surface area contributed by atoms with Gasteiger partial charge in [-0.1, -0.05) is 19.3 Å². The molecule has 18 heavy (non-hydrogen) atoms. The SMILES string of the molecule is O=c1[nH]c2cc(F)c(NC3CCCCC3)cc2o1. The molecule has 1 aromatic carbocycles. The van der Waals surface area contributed by atoms with E-state index in [-0.39, 0.29) is 5.82 Å². The molecule has 0 radical (unpaired) electrons. The van der Waals surface area contributed by atoms with Gasteiger partial charge >= 0.3 is 5.76 Å². The Morgan fingerprint density at radius 3 is 2.83 bits per heavy atom. The maximum atomic E-state index is 13.9. The number of fused-ring (bicyclic) bond motifs is 1. The lowest BCUT2D eigenvalue weighted by atomic mass is 9.95. The predicted octanol–water partition coefficient (Wildman–Crippen LogP) is 3.00. The second kappa shape index (κ2) is 4.48. The number of aromatic amines is 1. The molecule has 1 heterocycles. The smallest absolute Gasteiger partial charge is 0.408 e. The van der Waals surface area contributed by atoms with E-state index in [2.05, 4.69) is 10.3 Å². The molecule has 1 aliphatic carbocycles. The van der Waals surface area contributed by atoms with Gasteiger partial charge in [0.05, 0.1) is 11.2 Å². The van der Waals surface area contributed by atoms with Gasteiger partial charge in [-0.2, -0.15) is 0 Å². The number of hydrogen-bond acceptors (Lipinski definition) is 3. The van der Waals surface area contributed by atoms with Crippen molar-refractivity contribution in [2.45, 2.75) is 38.1 Å². The molecule has 2 aromatic rings. The van der Waals surface area contributed by atoms with Crippen molar-refractivity contribution in [2.24, 2.45) is 0 Å². The number of halogens is 1. The Morgan fingerprint density at radius 2 is 2.06 bits per heavy atom. The van der Waals surface area contributed by atoms with Crippen LogP contribution in [0.1, 0.15) is 32.1 Å². The number of hydrogen-bond donors (Lipinski definition) is 2. The highest BCUT2D eigenvalue weighted by molar-refractivity contribution is 5.77. The summed E-state index contributed by atoms with van der Waals surface area (Å²) in [5.41, 5.74) is 1.20. The van der Waals surface area contributed by atoms with E-state index >= 15 is 0 Å². The van der Waals surface area contributed by atoms with Crippen molar-refractivity contribution in [1.29, 1.82) is 0 Å². The summed E-state index contributed by atoms with van der Waals surface area (Å²) in [7, 11) is 0. The first kappa shape index (κ1) is 11.3. The monoisotopic (exact) mass is 250 g/mol. The van der Waals surface area contributed by atoms with Crippen molar-refractivity contribution in [1.82, 2.24) is 4.98 Å². The number of anilines is 1. The molecule has 5 heteroatoms. The van der Waals surface area contributed by atoms with Crippen LogP contribution >= 0.6 is 0 Å². The fourth-order valence-corrected chi connectivity index (χ4v) is 2.55. The van der Waals surface area contributed by atoms with Crippen LogP contribution in [0, 0.1) is 5.82 Å². The third-order valence-corrected chi connectivity index (χ3v) is 3.47. The Balaban J connectivity index is 1.90. The second-order valence-corrected chi connectivity index (χ2v) is 4.82. The largest absolute Gasteiger partial charge is 0.417 e. The molecule has 0 amide bonds. The highest BCUT2D eigenvalue weighted by Crippen LogP contribution is 2.25. The lowest BCUT2D eigenvalue weighted by Crippen LogP contribution is -2.22. The fourth-order valence-electron chi connectivity index (χ4n) is 2.55. The molecule has 1 saturated carbocycles. The summed E-state index contributed by atoms with van der Waals surface area (Å²) in [4.78, 5) is 13.5. The lowest BCUT2D eigenvalue weighted by molar-refractivity contribution is 0.460. The van der Waals surface area contributed by atoms with E-state index in [0.29, 0.717) is 22.8 Å². The maximum Gasteiger partial charge on any atom is 0.417 e. The van der Waals surface area contributed by atoms with Gasteiger partial charge in [0.2, 0.25) is 0 Å². The van der Waals surface area contributed by atoms with Crippen LogP contribution in [0.15, 0.2) is 21.3 Å². The molecule has 0 saturated heterocycles. The summed E-state index contributed by atoms with van der Waals surface area (Å²) < 4.78 is 18.8. The van der Waals surface area contributed by atoms with Crippen LogP contribution in [0.3, 0.4) is 0 Å². The molecule has 1 aliphatic rings. The standard InChI is InChI=1S/C13H15FN2O2/c14-9-6-11-12(18-13(17)16-11)7-10(9)15-8-4-2-1-3-5-8/h6-8,15H,1-5H2,(H,16,17). The minimum Gasteiger partial charge on any atom is -0.408 e. The van der Waals surface area contributed by atoms with Gasteiger partial charge in [-0.3, -0.25) is 4.98 Å². The molecular weight excluding hydrogens is 235 g/mol. The molecule has 4 nitrogen and oxygen atoms in total. The van der Waals surface area contributed by atoms with Crippen molar-refractivity contribution in [3.05, 3.63) is 28.5 Å². The van der Waals surface area contributed by atoms with Crippen LogP contribution < -0.4 is 11.1 Å². The minimum atomic E-state index is -0.556. The third kappa shape index (κ3) is 2.12. The van der Waals surface area contributed by atoms with Gasteiger partial charge in [0, 0.05) is 18.2 Å². The summed E-state index contributed by atoms with van der Waals surface area (Å²) in [6.45, 7) is 0. The van der Waals surface area contributed by atoms with E-state index < -0.39 is 5.76 Å². The number of benzene rings is 1. The third-order valence-electron chi connectivity index (χ3n) is 3.47. The van der Waals surface area contributed by atoms with Crippen LogP contribution in [-0.2, 0) is 0 Å². The van der Waals surface area contributed by atoms with Crippen molar-refractivity contribution < 1.29 is 8.81 Å². The average molecular weight is 250 g/mol. The zero-order valence-corrected chi connectivity index (χ0v) is 9.96. The van der Waals surface area contributed by atoms with E-state index in [1.54, 1.807) is 6.07 Å². The Morgan fingerprint density at radius 1 is 1.28 bits per heavy atom. The van der Waals surface area contributed by atoms with Gasteiger partial charge in [-0.15, -0.1) is 0 Å². The molecule has 0 unspecified atom stereocenters. The number of nitrogens with one attached hydrogen (secondary N) is 2. The Bertz CT molecular complexity index is 611. The Hall–Kier alpha value is -1.78. The number of aromatic nitrogens is 1. The fraction of sp³-hybridized carbons (Fsp3) is 0.462. The maximum absolute atomic E-state index is 13.9. The molecule has 1 aromatic heterocycles. The highest BCUT2D eigenvalue weighted by atomic mass is 19.1. The van der Waals surface area contributed by atoms with Crippen LogP contribution in [-0.4, -0.2) is 11.0 Å². The van der Waals surface area contributed by atoms with E-state index in [4.69, 9.17) is 4.42 Å². The molecule has 3 rings (SSSR count). The molecular formula is C13H15FN2O2. The normalized spacial score (nSPS) is 17.2. The Kier molecular flexibility index (Phi) is 2.81. The second-order valence-electron chi connectivity index (χ2n) is 4.82. The zero-order valence-electron chi connectivity index (χ0n) is 9.96. The average Bonchev–Trinajstić information content (AvgIpc) is 2.70. The van der Waals surface area contributed by atoms with Crippen LogP contribution in [0.4, 0.5) is 10.1 Å². The molecule has 0 aliphatic heterocycles. The molecule has 0 spiro atoms. The first-order valence-corrected chi connectivity index (χ1v) is 6.31.